The highest BCUT2D eigenvalue weighted by molar-refractivity contribution is 5.90. The van der Waals surface area contributed by atoms with Gasteiger partial charge in [-0.25, -0.2) is 9.97 Å². The van der Waals surface area contributed by atoms with E-state index < -0.39 is 5.54 Å². The number of nitrogens with zero attached hydrogens (tertiary/aromatic N) is 3. The average Bonchev–Trinajstić information content (AvgIpc) is 2.47. The van der Waals surface area contributed by atoms with Crippen molar-refractivity contribution in [3.63, 3.8) is 0 Å². The van der Waals surface area contributed by atoms with Crippen molar-refractivity contribution in [2.45, 2.75) is 32.9 Å². The Morgan fingerprint density at radius 2 is 2.24 bits per heavy atom. The van der Waals surface area contributed by atoms with Crippen molar-refractivity contribution in [2.24, 2.45) is 0 Å². The van der Waals surface area contributed by atoms with E-state index in [1.54, 1.807) is 0 Å². The first kappa shape index (κ1) is 15.5. The Bertz CT molecular complexity index is 518. The minimum Gasteiger partial charge on any atom is -0.374 e. The number of amides is 1. The van der Waals surface area contributed by atoms with Crippen LogP contribution in [0, 0.1) is 0 Å². The topological polar surface area (TPSA) is 79.4 Å². The van der Waals surface area contributed by atoms with E-state index in [0.29, 0.717) is 32.1 Å². The van der Waals surface area contributed by atoms with E-state index in [4.69, 9.17) is 4.74 Å². The molecule has 7 heteroatoms. The maximum absolute atomic E-state index is 12.1. The summed E-state index contributed by atoms with van der Waals surface area (Å²) in [6.45, 7) is 8.02. The van der Waals surface area contributed by atoms with Crippen molar-refractivity contribution in [1.29, 1.82) is 0 Å². The van der Waals surface area contributed by atoms with Crippen molar-refractivity contribution in [3.05, 3.63) is 11.9 Å². The van der Waals surface area contributed by atoms with Crippen LogP contribution in [0.3, 0.4) is 0 Å². The monoisotopic (exact) mass is 293 g/mol. The van der Waals surface area contributed by atoms with Gasteiger partial charge in [-0.3, -0.25) is 4.79 Å². The van der Waals surface area contributed by atoms with Crippen LogP contribution in [-0.2, 0) is 16.1 Å². The third kappa shape index (κ3) is 3.24. The summed E-state index contributed by atoms with van der Waals surface area (Å²) in [5.74, 6) is 2.07. The quantitative estimate of drug-likeness (QED) is 0.835. The van der Waals surface area contributed by atoms with Gasteiger partial charge in [-0.1, -0.05) is 0 Å². The van der Waals surface area contributed by atoms with E-state index in [0.717, 1.165) is 11.6 Å². The Morgan fingerprint density at radius 1 is 1.48 bits per heavy atom. The van der Waals surface area contributed by atoms with Crippen LogP contribution in [0.5, 0.6) is 0 Å². The molecule has 0 aromatic carbocycles. The summed E-state index contributed by atoms with van der Waals surface area (Å²) < 4.78 is 5.38. The second-order valence-electron chi connectivity index (χ2n) is 5.38. The minimum absolute atomic E-state index is 0.00438. The van der Waals surface area contributed by atoms with Crippen LogP contribution in [-0.4, -0.2) is 48.2 Å². The van der Waals surface area contributed by atoms with Crippen molar-refractivity contribution in [1.82, 2.24) is 15.3 Å². The van der Waals surface area contributed by atoms with E-state index in [1.165, 1.54) is 0 Å². The number of rotatable bonds is 5. The molecule has 0 aliphatic carbocycles. The number of hydrogen-bond acceptors (Lipinski definition) is 6. The largest absolute Gasteiger partial charge is 0.374 e. The van der Waals surface area contributed by atoms with Gasteiger partial charge in [0.05, 0.1) is 0 Å². The summed E-state index contributed by atoms with van der Waals surface area (Å²) in [7, 11) is 1.81. The molecular formula is C14H23N5O2. The summed E-state index contributed by atoms with van der Waals surface area (Å²) >= 11 is 0. The summed E-state index contributed by atoms with van der Waals surface area (Å²) in [5.41, 5.74) is -0.638. The zero-order valence-electron chi connectivity index (χ0n) is 13.1. The maximum atomic E-state index is 12.1. The first-order chi connectivity index (χ1) is 9.98. The zero-order chi connectivity index (χ0) is 15.5. The first-order valence-electron chi connectivity index (χ1n) is 7.18. The lowest BCUT2D eigenvalue weighted by Gasteiger charge is -2.42. The SMILES string of the molecule is CCOCc1nc(NC)cc(N2CCNC(=O)C2(C)C)n1. The van der Waals surface area contributed by atoms with Gasteiger partial charge in [-0.05, 0) is 20.8 Å². The van der Waals surface area contributed by atoms with Crippen molar-refractivity contribution >= 4 is 17.5 Å². The summed E-state index contributed by atoms with van der Waals surface area (Å²) in [6.07, 6.45) is 0. The molecule has 116 valence electrons. The molecule has 0 atom stereocenters. The fraction of sp³-hybridized carbons (Fsp3) is 0.643. The van der Waals surface area contributed by atoms with Gasteiger partial charge in [0.1, 0.15) is 23.8 Å². The minimum atomic E-state index is -0.638. The van der Waals surface area contributed by atoms with Crippen molar-refractivity contribution in [3.8, 4) is 0 Å². The van der Waals surface area contributed by atoms with Crippen molar-refractivity contribution < 1.29 is 9.53 Å². The zero-order valence-corrected chi connectivity index (χ0v) is 13.1. The van der Waals surface area contributed by atoms with Crippen molar-refractivity contribution in [2.75, 3.05) is 37.0 Å². The van der Waals surface area contributed by atoms with Gasteiger partial charge in [0.25, 0.3) is 0 Å². The van der Waals surface area contributed by atoms with Crippen LogP contribution in [0.15, 0.2) is 6.07 Å². The van der Waals surface area contributed by atoms with Crippen LogP contribution >= 0.6 is 0 Å². The van der Waals surface area contributed by atoms with Gasteiger partial charge in [-0.15, -0.1) is 0 Å². The van der Waals surface area contributed by atoms with Gasteiger partial charge in [-0.2, -0.15) is 0 Å². The number of aromatic nitrogens is 2. The highest BCUT2D eigenvalue weighted by atomic mass is 16.5. The predicted molar refractivity (Wildman–Crippen MR) is 81.3 cm³/mol. The molecule has 1 aliphatic rings. The predicted octanol–water partition coefficient (Wildman–Crippen LogP) is 0.770. The molecule has 1 aromatic rings. The molecule has 1 aliphatic heterocycles. The highest BCUT2D eigenvalue weighted by Gasteiger charge is 2.38. The normalized spacial score (nSPS) is 17.5. The fourth-order valence-corrected chi connectivity index (χ4v) is 2.31. The molecule has 1 saturated heterocycles. The Labute approximate surface area is 125 Å². The van der Waals surface area contributed by atoms with Gasteiger partial charge >= 0.3 is 0 Å². The molecule has 2 rings (SSSR count). The molecule has 21 heavy (non-hydrogen) atoms. The number of anilines is 2. The first-order valence-corrected chi connectivity index (χ1v) is 7.18. The molecule has 1 fully saturated rings. The van der Waals surface area contributed by atoms with Gasteiger partial charge in [0, 0.05) is 32.8 Å². The number of carbonyl (C=O) groups excluding carboxylic acids is 1. The standard InChI is InChI=1S/C14H23N5O2/c1-5-21-9-11-17-10(15-4)8-12(18-11)19-7-6-16-13(20)14(19,2)3/h8H,5-7,9H2,1-4H3,(H,16,20)(H,15,17,18). The van der Waals surface area contributed by atoms with Crippen LogP contribution in [0.2, 0.25) is 0 Å². The molecule has 0 radical (unpaired) electrons. The lowest BCUT2D eigenvalue weighted by molar-refractivity contribution is -0.126. The average molecular weight is 293 g/mol. The molecule has 0 unspecified atom stereocenters. The third-order valence-electron chi connectivity index (χ3n) is 3.58. The summed E-state index contributed by atoms with van der Waals surface area (Å²) in [5, 5.41) is 5.91. The number of nitrogens with one attached hydrogen (secondary N) is 2. The molecule has 0 saturated carbocycles. The summed E-state index contributed by atoms with van der Waals surface area (Å²) in [4.78, 5) is 23.0. The van der Waals surface area contributed by atoms with Gasteiger partial charge < -0.3 is 20.3 Å². The molecule has 0 bridgehead atoms. The highest BCUT2D eigenvalue weighted by Crippen LogP contribution is 2.26. The maximum Gasteiger partial charge on any atom is 0.245 e. The van der Waals surface area contributed by atoms with Crippen LogP contribution in [0.1, 0.15) is 26.6 Å². The lowest BCUT2D eigenvalue weighted by Crippen LogP contribution is -2.62. The van der Waals surface area contributed by atoms with Crippen LogP contribution < -0.4 is 15.5 Å². The number of ether oxygens (including phenoxy) is 1. The Hall–Kier alpha value is -1.89. The molecular weight excluding hydrogens is 270 g/mol. The van der Waals surface area contributed by atoms with E-state index in [-0.39, 0.29) is 5.91 Å². The van der Waals surface area contributed by atoms with E-state index in [1.807, 2.05) is 38.8 Å². The summed E-state index contributed by atoms with van der Waals surface area (Å²) in [6, 6.07) is 1.86. The van der Waals surface area contributed by atoms with Crippen LogP contribution in [0.4, 0.5) is 11.6 Å². The fourth-order valence-electron chi connectivity index (χ4n) is 2.31. The molecule has 0 spiro atoms. The van der Waals surface area contributed by atoms with Gasteiger partial charge in [0.2, 0.25) is 5.91 Å². The Balaban J connectivity index is 2.35. The van der Waals surface area contributed by atoms with E-state index >= 15 is 0 Å². The smallest absolute Gasteiger partial charge is 0.245 e. The molecule has 2 heterocycles. The Morgan fingerprint density at radius 3 is 2.90 bits per heavy atom. The number of carbonyl (C=O) groups is 1. The lowest BCUT2D eigenvalue weighted by atomic mass is 9.99. The third-order valence-corrected chi connectivity index (χ3v) is 3.58. The van der Waals surface area contributed by atoms with E-state index in [9.17, 15) is 4.79 Å². The molecule has 1 amide bonds. The molecule has 7 nitrogen and oxygen atoms in total. The Kier molecular flexibility index (Phi) is 4.62. The second kappa shape index (κ2) is 6.26. The number of hydrogen-bond donors (Lipinski definition) is 2. The second-order valence-corrected chi connectivity index (χ2v) is 5.38. The molecule has 1 aromatic heterocycles. The van der Waals surface area contributed by atoms with E-state index in [2.05, 4.69) is 20.6 Å². The van der Waals surface area contributed by atoms with Crippen LogP contribution in [0.25, 0.3) is 0 Å². The molecule has 2 N–H and O–H groups in total. The number of piperazine rings is 1. The van der Waals surface area contributed by atoms with Gasteiger partial charge in [0.15, 0.2) is 5.82 Å².